The Kier molecular flexibility index (Phi) is 3.44. The van der Waals surface area contributed by atoms with Gasteiger partial charge in [0.15, 0.2) is 0 Å². The number of benzene rings is 1. The number of rotatable bonds is 3. The maximum Gasteiger partial charge on any atom is 0.271 e. The van der Waals surface area contributed by atoms with Crippen LogP contribution in [0.25, 0.3) is 0 Å². The van der Waals surface area contributed by atoms with Crippen molar-refractivity contribution in [2.75, 3.05) is 19.1 Å². The summed E-state index contributed by atoms with van der Waals surface area (Å²) < 4.78 is 5.03. The van der Waals surface area contributed by atoms with E-state index in [9.17, 15) is 14.9 Å². The number of hydrogen-bond donors (Lipinski definition) is 0. The second-order valence-electron chi connectivity index (χ2n) is 3.19. The van der Waals surface area contributed by atoms with Gasteiger partial charge in [0.1, 0.15) is 5.75 Å². The van der Waals surface area contributed by atoms with E-state index < -0.39 is 4.92 Å². The molecule has 0 saturated carbocycles. The van der Waals surface area contributed by atoms with Crippen LogP contribution >= 0.6 is 0 Å². The molecule has 1 rings (SSSR count). The number of nitro groups is 1. The zero-order valence-corrected chi connectivity index (χ0v) is 9.26. The molecule has 1 aromatic carbocycles. The van der Waals surface area contributed by atoms with Crippen molar-refractivity contribution in [3.63, 3.8) is 0 Å². The van der Waals surface area contributed by atoms with E-state index in [2.05, 4.69) is 0 Å². The summed E-state index contributed by atoms with van der Waals surface area (Å²) in [6, 6.07) is 4.10. The predicted octanol–water partition coefficient (Wildman–Crippen LogP) is 1.59. The number of carbonyl (C=O) groups is 1. The average molecular weight is 224 g/mol. The molecule has 6 nitrogen and oxygen atoms in total. The van der Waals surface area contributed by atoms with Gasteiger partial charge in [-0.15, -0.1) is 0 Å². The Morgan fingerprint density at radius 2 is 2.12 bits per heavy atom. The van der Waals surface area contributed by atoms with E-state index >= 15 is 0 Å². The number of nitrogens with zero attached hydrogens (tertiary/aromatic N) is 2. The molecule has 16 heavy (non-hydrogen) atoms. The lowest BCUT2D eigenvalue weighted by molar-refractivity contribution is -0.384. The van der Waals surface area contributed by atoms with E-state index in [-0.39, 0.29) is 11.6 Å². The molecule has 0 saturated heterocycles. The van der Waals surface area contributed by atoms with Gasteiger partial charge in [0.25, 0.3) is 5.69 Å². The van der Waals surface area contributed by atoms with Crippen molar-refractivity contribution in [1.29, 1.82) is 0 Å². The van der Waals surface area contributed by atoms with Crippen LogP contribution in [0.2, 0.25) is 0 Å². The zero-order valence-electron chi connectivity index (χ0n) is 9.26. The molecular weight excluding hydrogens is 212 g/mol. The number of non-ortho nitro benzene ring substituents is 1. The average Bonchev–Trinajstić information content (AvgIpc) is 2.26. The Morgan fingerprint density at radius 1 is 1.50 bits per heavy atom. The summed E-state index contributed by atoms with van der Waals surface area (Å²) in [5.74, 6) is 0.196. The highest BCUT2D eigenvalue weighted by Gasteiger charge is 2.16. The van der Waals surface area contributed by atoms with Crippen LogP contribution < -0.4 is 9.64 Å². The number of carbonyl (C=O) groups excluding carboxylic acids is 1. The van der Waals surface area contributed by atoms with Crippen LogP contribution in [-0.2, 0) is 4.79 Å². The van der Waals surface area contributed by atoms with Crippen molar-refractivity contribution in [3.8, 4) is 5.75 Å². The van der Waals surface area contributed by atoms with E-state index in [1.165, 1.54) is 44.2 Å². The molecule has 0 spiro atoms. The second kappa shape index (κ2) is 4.61. The van der Waals surface area contributed by atoms with Crippen LogP contribution in [0.15, 0.2) is 18.2 Å². The first-order valence-electron chi connectivity index (χ1n) is 4.54. The summed E-state index contributed by atoms with van der Waals surface area (Å²) >= 11 is 0. The van der Waals surface area contributed by atoms with E-state index in [0.717, 1.165) is 0 Å². The fourth-order valence-electron chi connectivity index (χ4n) is 1.22. The maximum atomic E-state index is 11.2. The molecule has 6 heteroatoms. The lowest BCUT2D eigenvalue weighted by Crippen LogP contribution is -2.23. The van der Waals surface area contributed by atoms with Crippen LogP contribution in [0.1, 0.15) is 6.92 Å². The van der Waals surface area contributed by atoms with Crippen molar-refractivity contribution in [3.05, 3.63) is 28.3 Å². The number of amides is 1. The zero-order chi connectivity index (χ0) is 12.3. The van der Waals surface area contributed by atoms with Gasteiger partial charge in [-0.25, -0.2) is 0 Å². The highest BCUT2D eigenvalue weighted by Crippen LogP contribution is 2.31. The van der Waals surface area contributed by atoms with Crippen molar-refractivity contribution in [2.24, 2.45) is 0 Å². The number of nitro benzene ring substituents is 1. The fourth-order valence-corrected chi connectivity index (χ4v) is 1.22. The lowest BCUT2D eigenvalue weighted by Gasteiger charge is -2.17. The quantitative estimate of drug-likeness (QED) is 0.577. The fraction of sp³-hybridized carbons (Fsp3) is 0.300. The summed E-state index contributed by atoms with van der Waals surface area (Å²) in [4.78, 5) is 22.6. The largest absolute Gasteiger partial charge is 0.495 e. The molecule has 0 unspecified atom stereocenters. The summed E-state index contributed by atoms with van der Waals surface area (Å²) in [5, 5.41) is 10.6. The number of ether oxygens (including phenoxy) is 1. The van der Waals surface area contributed by atoms with Gasteiger partial charge in [-0.05, 0) is 6.07 Å². The Bertz CT molecular complexity index is 431. The molecule has 1 amide bonds. The Morgan fingerprint density at radius 3 is 2.56 bits per heavy atom. The Hall–Kier alpha value is -2.11. The van der Waals surface area contributed by atoms with Crippen LogP contribution in [0.3, 0.4) is 0 Å². The highest BCUT2D eigenvalue weighted by molar-refractivity contribution is 5.93. The SMILES string of the molecule is COc1ccc([N+](=O)[O-])cc1N(C)C(C)=O. The van der Waals surface area contributed by atoms with Gasteiger partial charge in [0.05, 0.1) is 17.7 Å². The van der Waals surface area contributed by atoms with Crippen molar-refractivity contribution >= 4 is 17.3 Å². The third-order valence-electron chi connectivity index (χ3n) is 2.21. The normalized spacial score (nSPS) is 9.69. The summed E-state index contributed by atoms with van der Waals surface area (Å²) in [7, 11) is 2.97. The van der Waals surface area contributed by atoms with Gasteiger partial charge in [0.2, 0.25) is 5.91 Å². The minimum absolute atomic E-state index is 0.0797. The van der Waals surface area contributed by atoms with Crippen LogP contribution in [0, 0.1) is 10.1 Å². The van der Waals surface area contributed by atoms with Gasteiger partial charge in [-0.2, -0.15) is 0 Å². The first-order chi connectivity index (χ1) is 7.47. The topological polar surface area (TPSA) is 72.7 Å². The van der Waals surface area contributed by atoms with Crippen LogP contribution in [0.5, 0.6) is 5.75 Å². The molecule has 0 bridgehead atoms. The standard InChI is InChI=1S/C10H12N2O4/c1-7(13)11(2)9-6-8(12(14)15)4-5-10(9)16-3/h4-6H,1-3H3. The Labute approximate surface area is 92.6 Å². The van der Waals surface area contributed by atoms with Gasteiger partial charge in [0, 0.05) is 26.1 Å². The van der Waals surface area contributed by atoms with E-state index in [1.54, 1.807) is 0 Å². The van der Waals surface area contributed by atoms with Gasteiger partial charge in [-0.3, -0.25) is 14.9 Å². The first-order valence-corrected chi connectivity index (χ1v) is 4.54. The van der Waals surface area contributed by atoms with Crippen molar-refractivity contribution < 1.29 is 14.5 Å². The minimum Gasteiger partial charge on any atom is -0.495 e. The molecule has 0 heterocycles. The molecule has 1 aromatic rings. The van der Waals surface area contributed by atoms with Gasteiger partial charge >= 0.3 is 0 Å². The third-order valence-corrected chi connectivity index (χ3v) is 2.21. The van der Waals surface area contributed by atoms with Gasteiger partial charge < -0.3 is 9.64 Å². The third kappa shape index (κ3) is 2.28. The van der Waals surface area contributed by atoms with Crippen molar-refractivity contribution in [1.82, 2.24) is 0 Å². The summed E-state index contributed by atoms with van der Waals surface area (Å²) in [5.41, 5.74) is 0.299. The van der Waals surface area contributed by atoms with Crippen LogP contribution in [-0.4, -0.2) is 25.0 Å². The molecule has 0 fully saturated rings. The number of anilines is 1. The molecular formula is C10H12N2O4. The van der Waals surface area contributed by atoms with Gasteiger partial charge in [-0.1, -0.05) is 0 Å². The van der Waals surface area contributed by atoms with E-state index in [0.29, 0.717) is 11.4 Å². The van der Waals surface area contributed by atoms with E-state index in [1.807, 2.05) is 0 Å². The first kappa shape index (κ1) is 12.0. The maximum absolute atomic E-state index is 11.2. The second-order valence-corrected chi connectivity index (χ2v) is 3.19. The monoisotopic (exact) mass is 224 g/mol. The summed E-state index contributed by atoms with van der Waals surface area (Å²) in [6.07, 6.45) is 0. The predicted molar refractivity (Wildman–Crippen MR) is 58.7 cm³/mol. The molecule has 0 radical (unpaired) electrons. The lowest BCUT2D eigenvalue weighted by atomic mass is 10.2. The molecule has 0 N–H and O–H groups in total. The molecule has 0 aromatic heterocycles. The van der Waals surface area contributed by atoms with E-state index in [4.69, 9.17) is 4.74 Å². The Balaban J connectivity index is 3.27. The highest BCUT2D eigenvalue weighted by atomic mass is 16.6. The molecule has 0 aliphatic carbocycles. The smallest absolute Gasteiger partial charge is 0.271 e. The number of methoxy groups -OCH3 is 1. The summed E-state index contributed by atoms with van der Waals surface area (Å²) in [6.45, 7) is 1.37. The molecule has 0 aliphatic rings. The number of hydrogen-bond acceptors (Lipinski definition) is 4. The molecule has 0 atom stereocenters. The van der Waals surface area contributed by atoms with Crippen molar-refractivity contribution in [2.45, 2.75) is 6.92 Å². The van der Waals surface area contributed by atoms with Crippen LogP contribution in [0.4, 0.5) is 11.4 Å². The molecule has 86 valence electrons. The molecule has 0 aliphatic heterocycles. The minimum atomic E-state index is -0.517.